The number of nitrogens with zero attached hydrogens (tertiary/aromatic N) is 2. The summed E-state index contributed by atoms with van der Waals surface area (Å²) in [6.07, 6.45) is -4.08. The minimum atomic E-state index is -4.80. The van der Waals surface area contributed by atoms with E-state index in [0.29, 0.717) is 12.3 Å². The number of aromatic nitrogens is 1. The van der Waals surface area contributed by atoms with Gasteiger partial charge in [-0.15, -0.1) is 0 Å². The molecule has 0 fully saturated rings. The Morgan fingerprint density at radius 1 is 1.18 bits per heavy atom. The lowest BCUT2D eigenvalue weighted by Crippen LogP contribution is -2.20. The zero-order valence-electron chi connectivity index (χ0n) is 10.8. The summed E-state index contributed by atoms with van der Waals surface area (Å²) in [6, 6.07) is 5.37. The van der Waals surface area contributed by atoms with Gasteiger partial charge < -0.3 is 10.5 Å². The number of hydrogen-bond acceptors (Lipinski definition) is 2. The van der Waals surface area contributed by atoms with Gasteiger partial charge in [-0.25, -0.2) is 9.18 Å². The number of anilines is 1. The third-order valence-corrected chi connectivity index (χ3v) is 2.53. The standard InChI is InChI=1S/C13H9F4N3O2/c14-8-1-3-9(4-2-8)18-12(21)19-10-5-6-20(22)11(7-10)13(15,16)17/h1-7,22H,(H,18,21)/b19-10-. The highest BCUT2D eigenvalue weighted by atomic mass is 19.4. The number of urea groups is 1. The van der Waals surface area contributed by atoms with Crippen LogP contribution in [-0.2, 0) is 6.18 Å². The van der Waals surface area contributed by atoms with E-state index in [4.69, 9.17) is 5.21 Å². The number of halogens is 4. The molecule has 0 saturated carbocycles. The number of alkyl halides is 3. The van der Waals surface area contributed by atoms with Crippen LogP contribution in [0, 0.1) is 5.82 Å². The molecular formula is C13H9F4N3O2. The molecule has 2 amide bonds. The van der Waals surface area contributed by atoms with Crippen LogP contribution in [0.2, 0.25) is 0 Å². The Morgan fingerprint density at radius 2 is 1.82 bits per heavy atom. The van der Waals surface area contributed by atoms with Gasteiger partial charge in [-0.05, 0) is 36.4 Å². The van der Waals surface area contributed by atoms with Crippen molar-refractivity contribution in [3.8, 4) is 0 Å². The maximum absolute atomic E-state index is 12.7. The molecule has 2 rings (SSSR count). The summed E-state index contributed by atoms with van der Waals surface area (Å²) >= 11 is 0. The summed E-state index contributed by atoms with van der Waals surface area (Å²) in [4.78, 5) is 15.0. The lowest BCUT2D eigenvalue weighted by molar-refractivity contribution is -0.151. The normalized spacial score (nSPS) is 12.3. The molecule has 1 heterocycles. The molecule has 0 spiro atoms. The predicted octanol–water partition coefficient (Wildman–Crippen LogP) is 3.02. The molecule has 0 aliphatic rings. The zero-order chi connectivity index (χ0) is 16.3. The SMILES string of the molecule is O=C(/N=c1/ccn(O)c(C(F)(F)F)c1)Nc1ccc(F)cc1. The van der Waals surface area contributed by atoms with Crippen molar-refractivity contribution in [1.82, 2.24) is 4.73 Å². The molecule has 22 heavy (non-hydrogen) atoms. The van der Waals surface area contributed by atoms with Gasteiger partial charge in [0.2, 0.25) is 0 Å². The van der Waals surface area contributed by atoms with Crippen LogP contribution in [0.3, 0.4) is 0 Å². The van der Waals surface area contributed by atoms with Crippen LogP contribution in [-0.4, -0.2) is 16.0 Å². The third-order valence-electron chi connectivity index (χ3n) is 2.53. The largest absolute Gasteiger partial charge is 0.434 e. The van der Waals surface area contributed by atoms with E-state index >= 15 is 0 Å². The molecule has 0 aliphatic carbocycles. The van der Waals surface area contributed by atoms with E-state index < -0.39 is 23.7 Å². The van der Waals surface area contributed by atoms with Gasteiger partial charge in [-0.1, -0.05) is 0 Å². The highest BCUT2D eigenvalue weighted by Gasteiger charge is 2.34. The second-order valence-corrected chi connectivity index (χ2v) is 4.16. The average Bonchev–Trinajstić information content (AvgIpc) is 2.42. The number of pyridine rings is 1. The van der Waals surface area contributed by atoms with Gasteiger partial charge in [0.25, 0.3) is 0 Å². The topological polar surface area (TPSA) is 66.6 Å². The van der Waals surface area contributed by atoms with Crippen molar-refractivity contribution >= 4 is 11.7 Å². The molecule has 0 unspecified atom stereocenters. The van der Waals surface area contributed by atoms with Crippen molar-refractivity contribution in [1.29, 1.82) is 0 Å². The Kier molecular flexibility index (Phi) is 4.15. The van der Waals surface area contributed by atoms with Crippen molar-refractivity contribution in [3.05, 3.63) is 59.5 Å². The molecule has 2 aromatic rings. The zero-order valence-corrected chi connectivity index (χ0v) is 10.8. The second-order valence-electron chi connectivity index (χ2n) is 4.16. The molecule has 9 heteroatoms. The van der Waals surface area contributed by atoms with Crippen molar-refractivity contribution in [2.45, 2.75) is 6.18 Å². The molecule has 0 bridgehead atoms. The molecule has 0 aliphatic heterocycles. The lowest BCUT2D eigenvalue weighted by Gasteiger charge is -2.09. The maximum atomic E-state index is 12.7. The van der Waals surface area contributed by atoms with E-state index in [1.807, 2.05) is 0 Å². The predicted molar refractivity (Wildman–Crippen MR) is 67.6 cm³/mol. The fourth-order valence-electron chi connectivity index (χ4n) is 1.56. The Bertz CT molecular complexity index is 751. The summed E-state index contributed by atoms with van der Waals surface area (Å²) in [5.41, 5.74) is -1.14. The minimum Gasteiger partial charge on any atom is -0.428 e. The molecule has 0 saturated heterocycles. The van der Waals surface area contributed by atoms with Crippen LogP contribution in [0.5, 0.6) is 0 Å². The fourth-order valence-corrected chi connectivity index (χ4v) is 1.56. The number of benzene rings is 1. The number of rotatable bonds is 1. The van der Waals surface area contributed by atoms with Gasteiger partial charge in [0.05, 0.1) is 5.36 Å². The number of nitrogens with one attached hydrogen (secondary N) is 1. The third kappa shape index (κ3) is 3.84. The first-order chi connectivity index (χ1) is 10.3. The molecule has 0 radical (unpaired) electrons. The van der Waals surface area contributed by atoms with Gasteiger partial charge >= 0.3 is 12.2 Å². The van der Waals surface area contributed by atoms with Crippen LogP contribution < -0.4 is 10.7 Å². The Morgan fingerprint density at radius 3 is 2.41 bits per heavy atom. The quantitative estimate of drug-likeness (QED) is 0.627. The highest BCUT2D eigenvalue weighted by molar-refractivity contribution is 5.89. The summed E-state index contributed by atoms with van der Waals surface area (Å²) in [5, 5.41) is 11.1. The summed E-state index contributed by atoms with van der Waals surface area (Å²) < 4.78 is 50.4. The Hall–Kier alpha value is -2.84. The van der Waals surface area contributed by atoms with Crippen molar-refractivity contribution in [3.63, 3.8) is 0 Å². The second kappa shape index (κ2) is 5.88. The Balaban J connectivity index is 2.25. The van der Waals surface area contributed by atoms with Crippen LogP contribution in [0.25, 0.3) is 0 Å². The first-order valence-corrected chi connectivity index (χ1v) is 5.86. The van der Waals surface area contributed by atoms with E-state index in [1.165, 1.54) is 12.1 Å². The van der Waals surface area contributed by atoms with Gasteiger partial charge in [-0.3, -0.25) is 0 Å². The summed E-state index contributed by atoms with van der Waals surface area (Å²) in [6.45, 7) is 0. The van der Waals surface area contributed by atoms with Crippen molar-refractivity contribution in [2.24, 2.45) is 4.99 Å². The molecule has 0 atom stereocenters. The maximum Gasteiger partial charge on any atom is 0.434 e. The smallest absolute Gasteiger partial charge is 0.428 e. The van der Waals surface area contributed by atoms with E-state index in [9.17, 15) is 22.4 Å². The fraction of sp³-hybridized carbons (Fsp3) is 0.0769. The molecule has 1 aromatic carbocycles. The number of carbonyl (C=O) groups excluding carboxylic acids is 1. The Labute approximate surface area is 121 Å². The van der Waals surface area contributed by atoms with Crippen molar-refractivity contribution in [2.75, 3.05) is 5.32 Å². The number of hydrogen-bond donors (Lipinski definition) is 2. The van der Waals surface area contributed by atoms with Crippen LogP contribution in [0.15, 0.2) is 47.6 Å². The molecule has 116 valence electrons. The first kappa shape index (κ1) is 15.5. The van der Waals surface area contributed by atoms with Crippen molar-refractivity contribution < 1.29 is 27.6 Å². The van der Waals surface area contributed by atoms with Gasteiger partial charge in [0.1, 0.15) is 5.82 Å². The summed E-state index contributed by atoms with van der Waals surface area (Å²) in [5.74, 6) is -0.500. The number of carbonyl (C=O) groups is 1. The lowest BCUT2D eigenvalue weighted by atomic mass is 10.3. The molecule has 2 N–H and O–H groups in total. The monoisotopic (exact) mass is 315 g/mol. The molecular weight excluding hydrogens is 306 g/mol. The van der Waals surface area contributed by atoms with E-state index in [1.54, 1.807) is 0 Å². The van der Waals surface area contributed by atoms with E-state index in [-0.39, 0.29) is 15.8 Å². The minimum absolute atomic E-state index is 0.114. The van der Waals surface area contributed by atoms with E-state index in [0.717, 1.165) is 18.2 Å². The van der Waals surface area contributed by atoms with Gasteiger partial charge in [0.15, 0.2) is 5.69 Å². The van der Waals surface area contributed by atoms with Gasteiger partial charge in [0, 0.05) is 11.9 Å². The first-order valence-electron chi connectivity index (χ1n) is 5.86. The summed E-state index contributed by atoms with van der Waals surface area (Å²) in [7, 11) is 0. The average molecular weight is 315 g/mol. The molecule has 1 aromatic heterocycles. The van der Waals surface area contributed by atoms with Crippen LogP contribution >= 0.6 is 0 Å². The van der Waals surface area contributed by atoms with Crippen LogP contribution in [0.4, 0.5) is 28.0 Å². The number of amides is 2. The van der Waals surface area contributed by atoms with Gasteiger partial charge in [-0.2, -0.15) is 22.9 Å². The van der Waals surface area contributed by atoms with E-state index in [2.05, 4.69) is 10.3 Å². The molecule has 5 nitrogen and oxygen atoms in total. The van der Waals surface area contributed by atoms with Crippen LogP contribution in [0.1, 0.15) is 5.69 Å². The highest BCUT2D eigenvalue weighted by Crippen LogP contribution is 2.27.